The zero-order valence-electron chi connectivity index (χ0n) is 6.26. The van der Waals surface area contributed by atoms with Crippen molar-refractivity contribution >= 4 is 15.9 Å². The summed E-state index contributed by atoms with van der Waals surface area (Å²) in [5.41, 5.74) is 2.33. The lowest BCUT2D eigenvalue weighted by atomic mass is 10.4. The van der Waals surface area contributed by atoms with Crippen molar-refractivity contribution in [2.75, 3.05) is 5.33 Å². The molecule has 0 unspecified atom stereocenters. The summed E-state index contributed by atoms with van der Waals surface area (Å²) in [5, 5.41) is 5.25. The Bertz CT molecular complexity index is 217. The minimum absolute atomic E-state index is 0.958. The molecule has 3 heteroatoms. The van der Waals surface area contributed by atoms with Crippen LogP contribution >= 0.6 is 15.9 Å². The fourth-order valence-corrected chi connectivity index (χ4v) is 1.32. The van der Waals surface area contributed by atoms with Gasteiger partial charge in [0.15, 0.2) is 0 Å². The number of nitrogens with zero attached hydrogens (tertiary/aromatic N) is 2. The molecule has 0 atom stereocenters. The molecule has 0 fully saturated rings. The predicted octanol–water partition coefficient (Wildman–Crippen LogP) is 1.89. The first kappa shape index (κ1) is 7.79. The molecule has 0 aliphatic carbocycles. The average Bonchev–Trinajstić information content (AvgIpc) is 2.13. The van der Waals surface area contributed by atoms with Gasteiger partial charge in [-0.2, -0.15) is 5.10 Å². The molecule has 1 aromatic heterocycles. The lowest BCUT2D eigenvalue weighted by molar-refractivity contribution is 0.643. The van der Waals surface area contributed by atoms with Crippen molar-refractivity contribution in [3.63, 3.8) is 0 Å². The molecule has 0 saturated heterocycles. The third-order valence-electron chi connectivity index (χ3n) is 1.40. The summed E-state index contributed by atoms with van der Waals surface area (Å²) in [6, 6.07) is 2.09. The smallest absolute Gasteiger partial charge is 0.0596 e. The lowest BCUT2D eigenvalue weighted by Crippen LogP contribution is -2.02. The van der Waals surface area contributed by atoms with E-state index in [2.05, 4.69) is 34.0 Å². The maximum absolute atomic E-state index is 4.29. The van der Waals surface area contributed by atoms with Gasteiger partial charge in [0.05, 0.1) is 12.2 Å². The van der Waals surface area contributed by atoms with Crippen LogP contribution in [0.15, 0.2) is 6.07 Å². The first-order valence-corrected chi connectivity index (χ1v) is 4.43. The van der Waals surface area contributed by atoms with Crippen molar-refractivity contribution in [1.29, 1.82) is 0 Å². The van der Waals surface area contributed by atoms with Gasteiger partial charge in [0.2, 0.25) is 0 Å². The van der Waals surface area contributed by atoms with Gasteiger partial charge in [-0.25, -0.2) is 0 Å². The first-order valence-electron chi connectivity index (χ1n) is 3.31. The highest BCUT2D eigenvalue weighted by atomic mass is 79.9. The van der Waals surface area contributed by atoms with Crippen LogP contribution in [0, 0.1) is 13.8 Å². The van der Waals surface area contributed by atoms with E-state index in [1.807, 2.05) is 11.6 Å². The van der Waals surface area contributed by atoms with Gasteiger partial charge in [0.1, 0.15) is 0 Å². The van der Waals surface area contributed by atoms with Crippen molar-refractivity contribution in [3.05, 3.63) is 17.5 Å². The summed E-state index contributed by atoms with van der Waals surface area (Å²) in [7, 11) is 0. The van der Waals surface area contributed by atoms with Crippen LogP contribution in [0.1, 0.15) is 11.4 Å². The molecule has 56 valence electrons. The summed E-state index contributed by atoms with van der Waals surface area (Å²) in [6.45, 7) is 5.04. The maximum atomic E-state index is 4.29. The topological polar surface area (TPSA) is 17.8 Å². The van der Waals surface area contributed by atoms with Crippen molar-refractivity contribution in [3.8, 4) is 0 Å². The second kappa shape index (κ2) is 3.19. The lowest BCUT2D eigenvalue weighted by Gasteiger charge is -1.98. The third kappa shape index (κ3) is 1.59. The first-order chi connectivity index (χ1) is 4.74. The molecule has 0 N–H and O–H groups in total. The maximum Gasteiger partial charge on any atom is 0.0596 e. The van der Waals surface area contributed by atoms with Crippen LogP contribution in [0.3, 0.4) is 0 Å². The molecule has 0 aromatic carbocycles. The number of hydrogen-bond donors (Lipinski definition) is 0. The molecule has 1 heterocycles. The second-order valence-electron chi connectivity index (χ2n) is 2.34. The van der Waals surface area contributed by atoms with E-state index in [4.69, 9.17) is 0 Å². The van der Waals surface area contributed by atoms with Gasteiger partial charge in [-0.15, -0.1) is 0 Å². The Morgan fingerprint density at radius 3 is 2.70 bits per heavy atom. The molecule has 0 aliphatic heterocycles. The summed E-state index contributed by atoms with van der Waals surface area (Å²) < 4.78 is 2.00. The second-order valence-corrected chi connectivity index (χ2v) is 3.13. The SMILES string of the molecule is Cc1cc(C)n(CCBr)n1. The van der Waals surface area contributed by atoms with Gasteiger partial charge >= 0.3 is 0 Å². The van der Waals surface area contributed by atoms with Crippen molar-refractivity contribution in [2.45, 2.75) is 20.4 Å². The highest BCUT2D eigenvalue weighted by Crippen LogP contribution is 2.01. The predicted molar refractivity (Wildman–Crippen MR) is 45.5 cm³/mol. The van der Waals surface area contributed by atoms with E-state index in [1.165, 1.54) is 5.69 Å². The van der Waals surface area contributed by atoms with Crippen molar-refractivity contribution in [2.24, 2.45) is 0 Å². The van der Waals surface area contributed by atoms with Crippen molar-refractivity contribution < 1.29 is 0 Å². The standard InChI is InChI=1S/C7H11BrN2/c1-6-5-7(2)10(9-6)4-3-8/h5H,3-4H2,1-2H3. The molecule has 2 nitrogen and oxygen atoms in total. The van der Waals surface area contributed by atoms with Gasteiger partial charge in [0, 0.05) is 11.0 Å². The normalized spacial score (nSPS) is 10.3. The number of aromatic nitrogens is 2. The van der Waals surface area contributed by atoms with E-state index >= 15 is 0 Å². The Morgan fingerprint density at radius 2 is 2.30 bits per heavy atom. The molecule has 10 heavy (non-hydrogen) atoms. The Balaban J connectivity index is 2.81. The van der Waals surface area contributed by atoms with Crippen LogP contribution in [0.4, 0.5) is 0 Å². The van der Waals surface area contributed by atoms with Crippen LogP contribution in [-0.2, 0) is 6.54 Å². The van der Waals surface area contributed by atoms with Crippen LogP contribution in [0.2, 0.25) is 0 Å². The zero-order chi connectivity index (χ0) is 7.56. The molecule has 0 spiro atoms. The van der Waals surface area contributed by atoms with Gasteiger partial charge in [-0.3, -0.25) is 4.68 Å². The molecule has 0 radical (unpaired) electrons. The minimum Gasteiger partial charge on any atom is -0.269 e. The average molecular weight is 203 g/mol. The third-order valence-corrected chi connectivity index (χ3v) is 1.75. The molecule has 0 saturated carbocycles. The van der Waals surface area contributed by atoms with Crippen molar-refractivity contribution in [1.82, 2.24) is 9.78 Å². The Labute approximate surface area is 69.4 Å². The van der Waals surface area contributed by atoms with E-state index in [0.29, 0.717) is 0 Å². The summed E-state index contributed by atoms with van der Waals surface area (Å²) in [5.74, 6) is 0. The monoisotopic (exact) mass is 202 g/mol. The van der Waals surface area contributed by atoms with E-state index in [9.17, 15) is 0 Å². The molecular weight excluding hydrogens is 192 g/mol. The molecule has 1 aromatic rings. The van der Waals surface area contributed by atoms with Gasteiger partial charge in [-0.05, 0) is 19.9 Å². The number of hydrogen-bond acceptors (Lipinski definition) is 1. The number of halogens is 1. The van der Waals surface area contributed by atoms with E-state index in [-0.39, 0.29) is 0 Å². The highest BCUT2D eigenvalue weighted by Gasteiger charge is 1.97. The van der Waals surface area contributed by atoms with Crippen LogP contribution in [-0.4, -0.2) is 15.1 Å². The van der Waals surface area contributed by atoms with E-state index in [1.54, 1.807) is 0 Å². The Kier molecular flexibility index (Phi) is 2.49. The fraction of sp³-hybridized carbons (Fsp3) is 0.571. The molecular formula is C7H11BrN2. The van der Waals surface area contributed by atoms with E-state index < -0.39 is 0 Å². The highest BCUT2D eigenvalue weighted by molar-refractivity contribution is 9.09. The van der Waals surface area contributed by atoms with Gasteiger partial charge < -0.3 is 0 Å². The van der Waals surface area contributed by atoms with Gasteiger partial charge in [-0.1, -0.05) is 15.9 Å². The quantitative estimate of drug-likeness (QED) is 0.671. The molecule has 0 bridgehead atoms. The summed E-state index contributed by atoms with van der Waals surface area (Å²) in [6.07, 6.45) is 0. The number of alkyl halides is 1. The zero-order valence-corrected chi connectivity index (χ0v) is 7.85. The molecule has 0 amide bonds. The molecule has 0 aliphatic rings. The minimum atomic E-state index is 0.958. The van der Waals surface area contributed by atoms with Crippen LogP contribution < -0.4 is 0 Å². The summed E-state index contributed by atoms with van der Waals surface area (Å²) in [4.78, 5) is 0. The number of aryl methyl sites for hydroxylation is 3. The fourth-order valence-electron chi connectivity index (χ4n) is 0.981. The Hall–Kier alpha value is -0.310. The summed E-state index contributed by atoms with van der Waals surface area (Å²) >= 11 is 3.37. The van der Waals surface area contributed by atoms with Crippen LogP contribution in [0.25, 0.3) is 0 Å². The van der Waals surface area contributed by atoms with Crippen LogP contribution in [0.5, 0.6) is 0 Å². The van der Waals surface area contributed by atoms with Gasteiger partial charge in [0.25, 0.3) is 0 Å². The number of rotatable bonds is 2. The Morgan fingerprint density at radius 1 is 1.60 bits per heavy atom. The van der Waals surface area contributed by atoms with E-state index in [0.717, 1.165) is 17.6 Å². The molecule has 1 rings (SSSR count). The largest absolute Gasteiger partial charge is 0.269 e.